The molecule has 0 radical (unpaired) electrons. The monoisotopic (exact) mass is 319 g/mol. The Morgan fingerprint density at radius 3 is 2.57 bits per heavy atom. The SMILES string of the molecule is CC(=O)C[C@H]1COC[C@H](C(C)C)N1C(=O)OCc1ccccc1. The molecule has 1 aromatic rings. The second-order valence-corrected chi connectivity index (χ2v) is 6.36. The van der Waals surface area contributed by atoms with Gasteiger partial charge in [0, 0.05) is 6.42 Å². The number of nitrogens with zero attached hydrogens (tertiary/aromatic N) is 1. The van der Waals surface area contributed by atoms with Gasteiger partial charge in [-0.15, -0.1) is 0 Å². The fourth-order valence-corrected chi connectivity index (χ4v) is 2.84. The molecule has 2 atom stereocenters. The second-order valence-electron chi connectivity index (χ2n) is 6.36. The molecule has 0 unspecified atom stereocenters. The molecule has 0 aliphatic carbocycles. The van der Waals surface area contributed by atoms with E-state index in [1.54, 1.807) is 4.90 Å². The van der Waals surface area contributed by atoms with Crippen LogP contribution >= 0.6 is 0 Å². The Hall–Kier alpha value is -1.88. The van der Waals surface area contributed by atoms with Crippen molar-refractivity contribution in [3.05, 3.63) is 35.9 Å². The van der Waals surface area contributed by atoms with Gasteiger partial charge in [0.15, 0.2) is 0 Å². The van der Waals surface area contributed by atoms with Crippen LogP contribution in [0.4, 0.5) is 4.79 Å². The largest absolute Gasteiger partial charge is 0.445 e. The van der Waals surface area contributed by atoms with E-state index in [1.165, 1.54) is 6.92 Å². The number of carbonyl (C=O) groups excluding carboxylic acids is 2. The number of carbonyl (C=O) groups is 2. The summed E-state index contributed by atoms with van der Waals surface area (Å²) in [5, 5.41) is 0. The Labute approximate surface area is 137 Å². The van der Waals surface area contributed by atoms with Crippen molar-refractivity contribution in [1.29, 1.82) is 0 Å². The van der Waals surface area contributed by atoms with Gasteiger partial charge in [0.2, 0.25) is 0 Å². The number of ketones is 1. The van der Waals surface area contributed by atoms with Crippen molar-refractivity contribution in [2.45, 2.75) is 45.9 Å². The number of benzene rings is 1. The number of ether oxygens (including phenoxy) is 2. The molecule has 5 nitrogen and oxygen atoms in total. The third kappa shape index (κ3) is 4.79. The molecule has 1 saturated heterocycles. The molecule has 0 spiro atoms. The van der Waals surface area contributed by atoms with Crippen molar-refractivity contribution in [2.24, 2.45) is 5.92 Å². The average Bonchev–Trinajstić information content (AvgIpc) is 2.52. The van der Waals surface area contributed by atoms with Gasteiger partial charge in [-0.25, -0.2) is 4.79 Å². The molecule has 1 aromatic carbocycles. The Bertz CT molecular complexity index is 529. The second kappa shape index (κ2) is 8.11. The van der Waals surface area contributed by atoms with Crippen LogP contribution < -0.4 is 0 Å². The Morgan fingerprint density at radius 1 is 1.26 bits per heavy atom. The third-order valence-electron chi connectivity index (χ3n) is 4.06. The molecular formula is C18H25NO4. The van der Waals surface area contributed by atoms with Gasteiger partial charge >= 0.3 is 6.09 Å². The molecule has 0 N–H and O–H groups in total. The van der Waals surface area contributed by atoms with Crippen LogP contribution in [0.1, 0.15) is 32.8 Å². The maximum Gasteiger partial charge on any atom is 0.410 e. The molecule has 2 rings (SSSR count). The fraction of sp³-hybridized carbons (Fsp3) is 0.556. The summed E-state index contributed by atoms with van der Waals surface area (Å²) < 4.78 is 11.1. The maximum absolute atomic E-state index is 12.6. The number of hydrogen-bond acceptors (Lipinski definition) is 4. The first-order valence-electron chi connectivity index (χ1n) is 8.05. The molecule has 1 aliphatic heterocycles. The summed E-state index contributed by atoms with van der Waals surface area (Å²) in [7, 11) is 0. The van der Waals surface area contributed by atoms with Gasteiger partial charge in [-0.2, -0.15) is 0 Å². The van der Waals surface area contributed by atoms with Crippen LogP contribution in [0, 0.1) is 5.92 Å². The normalized spacial score (nSPS) is 21.3. The lowest BCUT2D eigenvalue weighted by molar-refractivity contribution is -0.121. The summed E-state index contributed by atoms with van der Waals surface area (Å²) in [6.07, 6.45) is -0.0778. The highest BCUT2D eigenvalue weighted by atomic mass is 16.6. The molecule has 23 heavy (non-hydrogen) atoms. The Balaban J connectivity index is 2.08. The van der Waals surface area contributed by atoms with Crippen LogP contribution in [0.2, 0.25) is 0 Å². The zero-order valence-electron chi connectivity index (χ0n) is 14.0. The van der Waals surface area contributed by atoms with E-state index >= 15 is 0 Å². The average molecular weight is 319 g/mol. The summed E-state index contributed by atoms with van der Waals surface area (Å²) >= 11 is 0. The highest BCUT2D eigenvalue weighted by Crippen LogP contribution is 2.23. The van der Waals surface area contributed by atoms with Gasteiger partial charge in [-0.05, 0) is 18.4 Å². The van der Waals surface area contributed by atoms with E-state index < -0.39 is 0 Å². The quantitative estimate of drug-likeness (QED) is 0.837. The predicted molar refractivity (Wildman–Crippen MR) is 87.0 cm³/mol. The van der Waals surface area contributed by atoms with Crippen LogP contribution in [-0.4, -0.2) is 42.1 Å². The summed E-state index contributed by atoms with van der Waals surface area (Å²) in [4.78, 5) is 25.8. The van der Waals surface area contributed by atoms with Crippen LogP contribution in [0.3, 0.4) is 0 Å². The molecule has 0 saturated carbocycles. The zero-order chi connectivity index (χ0) is 16.8. The summed E-state index contributed by atoms with van der Waals surface area (Å²) in [5.74, 6) is 0.276. The minimum Gasteiger partial charge on any atom is -0.445 e. The molecule has 0 aromatic heterocycles. The number of amides is 1. The first-order valence-corrected chi connectivity index (χ1v) is 8.05. The van der Waals surface area contributed by atoms with E-state index in [0.29, 0.717) is 19.6 Å². The Morgan fingerprint density at radius 2 is 1.96 bits per heavy atom. The molecule has 1 heterocycles. The zero-order valence-corrected chi connectivity index (χ0v) is 14.0. The molecule has 1 aliphatic rings. The first-order chi connectivity index (χ1) is 11.0. The van der Waals surface area contributed by atoms with Crippen molar-refractivity contribution in [1.82, 2.24) is 4.90 Å². The molecule has 5 heteroatoms. The highest BCUT2D eigenvalue weighted by molar-refractivity contribution is 5.77. The molecule has 0 bridgehead atoms. The van der Waals surface area contributed by atoms with Crippen LogP contribution in [0.5, 0.6) is 0 Å². The topological polar surface area (TPSA) is 55.8 Å². The van der Waals surface area contributed by atoms with Crippen molar-refractivity contribution in [2.75, 3.05) is 13.2 Å². The van der Waals surface area contributed by atoms with Gasteiger partial charge in [0.25, 0.3) is 0 Å². The molecule has 126 valence electrons. The lowest BCUT2D eigenvalue weighted by Crippen LogP contribution is -2.57. The van der Waals surface area contributed by atoms with E-state index in [4.69, 9.17) is 9.47 Å². The van der Waals surface area contributed by atoms with E-state index in [2.05, 4.69) is 0 Å². The Kier molecular flexibility index (Phi) is 6.16. The number of hydrogen-bond donors (Lipinski definition) is 0. The van der Waals surface area contributed by atoms with Gasteiger partial charge < -0.3 is 9.47 Å². The molecule has 1 amide bonds. The lowest BCUT2D eigenvalue weighted by atomic mass is 9.98. The van der Waals surface area contributed by atoms with Crippen molar-refractivity contribution < 1.29 is 19.1 Å². The lowest BCUT2D eigenvalue weighted by Gasteiger charge is -2.42. The van der Waals surface area contributed by atoms with E-state index in [-0.39, 0.29) is 36.5 Å². The third-order valence-corrected chi connectivity index (χ3v) is 4.06. The minimum absolute atomic E-state index is 0.0452. The summed E-state index contributed by atoms with van der Waals surface area (Å²) in [6.45, 7) is 6.71. The van der Waals surface area contributed by atoms with Crippen LogP contribution in [-0.2, 0) is 20.9 Å². The smallest absolute Gasteiger partial charge is 0.410 e. The predicted octanol–water partition coefficient (Wildman–Crippen LogP) is 3.03. The fourth-order valence-electron chi connectivity index (χ4n) is 2.84. The van der Waals surface area contributed by atoms with E-state index in [1.807, 2.05) is 44.2 Å². The van der Waals surface area contributed by atoms with E-state index in [9.17, 15) is 9.59 Å². The minimum atomic E-state index is -0.373. The molecule has 1 fully saturated rings. The van der Waals surface area contributed by atoms with Crippen LogP contribution in [0.25, 0.3) is 0 Å². The van der Waals surface area contributed by atoms with Gasteiger partial charge in [-0.3, -0.25) is 9.69 Å². The highest BCUT2D eigenvalue weighted by Gasteiger charge is 2.38. The number of morpholine rings is 1. The maximum atomic E-state index is 12.6. The standard InChI is InChI=1S/C18H25NO4/c1-13(2)17-12-22-11-16(9-14(3)20)19(17)18(21)23-10-15-7-5-4-6-8-15/h4-8,13,16-17H,9-12H2,1-3H3/t16-,17+/m0/s1. The summed E-state index contributed by atoms with van der Waals surface area (Å²) in [6, 6.07) is 9.25. The summed E-state index contributed by atoms with van der Waals surface area (Å²) in [5.41, 5.74) is 0.943. The van der Waals surface area contributed by atoms with Gasteiger partial charge in [0.1, 0.15) is 12.4 Å². The van der Waals surface area contributed by atoms with E-state index in [0.717, 1.165) is 5.56 Å². The van der Waals surface area contributed by atoms with Crippen molar-refractivity contribution >= 4 is 11.9 Å². The first kappa shape index (κ1) is 17.5. The van der Waals surface area contributed by atoms with Crippen molar-refractivity contribution in [3.8, 4) is 0 Å². The van der Waals surface area contributed by atoms with Crippen LogP contribution in [0.15, 0.2) is 30.3 Å². The number of Topliss-reactive ketones (excluding diaryl/α,β-unsaturated/α-hetero) is 1. The van der Waals surface area contributed by atoms with Crippen molar-refractivity contribution in [3.63, 3.8) is 0 Å². The number of rotatable bonds is 5. The van der Waals surface area contributed by atoms with Gasteiger partial charge in [-0.1, -0.05) is 44.2 Å². The molecular weight excluding hydrogens is 294 g/mol. The van der Waals surface area contributed by atoms with Gasteiger partial charge in [0.05, 0.1) is 25.3 Å².